The van der Waals surface area contributed by atoms with E-state index >= 15 is 0 Å². The first-order valence-electron chi connectivity index (χ1n) is 6.32. The lowest BCUT2D eigenvalue weighted by molar-refractivity contribution is -0.136. The SMILES string of the molecule is C=CC(CC(=O)O)S(=O)(=O)c1ccc(C(=O)OCl)c(CC)c1. The summed E-state index contributed by atoms with van der Waals surface area (Å²) in [5.41, 5.74) is 0.592. The Hall–Kier alpha value is -1.86. The molecule has 0 radical (unpaired) electrons. The van der Waals surface area contributed by atoms with Crippen molar-refractivity contribution in [2.75, 3.05) is 0 Å². The fourth-order valence-electron chi connectivity index (χ4n) is 1.95. The van der Waals surface area contributed by atoms with E-state index < -0.39 is 33.4 Å². The summed E-state index contributed by atoms with van der Waals surface area (Å²) in [6, 6.07) is 3.82. The maximum atomic E-state index is 12.4. The third-order valence-corrected chi connectivity index (χ3v) is 5.32. The maximum Gasteiger partial charge on any atom is 0.356 e. The zero-order valence-corrected chi connectivity index (χ0v) is 13.4. The van der Waals surface area contributed by atoms with E-state index in [1.807, 2.05) is 0 Å². The van der Waals surface area contributed by atoms with Gasteiger partial charge in [0.1, 0.15) is 11.9 Å². The first kappa shape index (κ1) is 18.2. The van der Waals surface area contributed by atoms with Crippen LogP contribution in [0.3, 0.4) is 0 Å². The largest absolute Gasteiger partial charge is 0.481 e. The van der Waals surface area contributed by atoms with Crippen molar-refractivity contribution in [2.24, 2.45) is 0 Å². The first-order valence-corrected chi connectivity index (χ1v) is 8.17. The number of carboxylic acid groups (broad SMARTS) is 1. The number of carbonyl (C=O) groups excluding carboxylic acids is 1. The van der Waals surface area contributed by atoms with Gasteiger partial charge >= 0.3 is 11.9 Å². The predicted molar refractivity (Wildman–Crippen MR) is 80.5 cm³/mol. The highest BCUT2D eigenvalue weighted by molar-refractivity contribution is 7.92. The Labute approximate surface area is 133 Å². The molecule has 0 saturated heterocycles. The minimum atomic E-state index is -3.91. The summed E-state index contributed by atoms with van der Waals surface area (Å²) in [6.45, 7) is 5.11. The second kappa shape index (κ2) is 7.42. The van der Waals surface area contributed by atoms with Crippen LogP contribution in [0.4, 0.5) is 0 Å². The zero-order chi connectivity index (χ0) is 16.9. The molecule has 0 saturated carbocycles. The molecule has 8 heteroatoms. The van der Waals surface area contributed by atoms with Crippen LogP contribution < -0.4 is 0 Å². The van der Waals surface area contributed by atoms with Crippen molar-refractivity contribution in [3.05, 3.63) is 42.0 Å². The molecule has 1 aromatic carbocycles. The summed E-state index contributed by atoms with van der Waals surface area (Å²) >= 11 is 5.03. The minimum absolute atomic E-state index is 0.0818. The highest BCUT2D eigenvalue weighted by Gasteiger charge is 2.28. The molecule has 0 fully saturated rings. The number of carbonyl (C=O) groups is 2. The van der Waals surface area contributed by atoms with Crippen LogP contribution in [-0.2, 0) is 25.3 Å². The number of benzene rings is 1. The summed E-state index contributed by atoms with van der Waals surface area (Å²) in [5.74, 6) is -2.03. The average molecular weight is 347 g/mol. The molecule has 120 valence electrons. The Kier molecular flexibility index (Phi) is 6.13. The number of hydrogen-bond donors (Lipinski definition) is 1. The monoisotopic (exact) mass is 346 g/mol. The molecule has 1 unspecified atom stereocenters. The fraction of sp³-hybridized carbons (Fsp3) is 0.286. The highest BCUT2D eigenvalue weighted by Crippen LogP contribution is 2.23. The van der Waals surface area contributed by atoms with Gasteiger partial charge in [-0.15, -0.1) is 6.58 Å². The number of carboxylic acids is 1. The molecule has 0 aliphatic rings. The van der Waals surface area contributed by atoms with Gasteiger partial charge in [-0.2, -0.15) is 0 Å². The van der Waals surface area contributed by atoms with Crippen molar-refractivity contribution >= 4 is 33.6 Å². The summed E-state index contributed by atoms with van der Waals surface area (Å²) in [6.07, 6.45) is 0.872. The molecule has 1 rings (SSSR count). The van der Waals surface area contributed by atoms with Crippen LogP contribution in [0.1, 0.15) is 29.3 Å². The summed E-state index contributed by atoms with van der Waals surface area (Å²) in [4.78, 5) is 22.2. The van der Waals surface area contributed by atoms with Gasteiger partial charge in [0.25, 0.3) is 0 Å². The lowest BCUT2D eigenvalue weighted by Gasteiger charge is -2.14. The fourth-order valence-corrected chi connectivity index (χ4v) is 3.56. The molecule has 1 atom stereocenters. The lowest BCUT2D eigenvalue weighted by atomic mass is 10.1. The average Bonchev–Trinajstić information content (AvgIpc) is 2.50. The maximum absolute atomic E-state index is 12.4. The van der Waals surface area contributed by atoms with Crippen molar-refractivity contribution < 1.29 is 27.4 Å². The van der Waals surface area contributed by atoms with Crippen molar-refractivity contribution in [1.82, 2.24) is 0 Å². The van der Waals surface area contributed by atoms with Gasteiger partial charge in [0.05, 0.1) is 22.1 Å². The predicted octanol–water partition coefficient (Wildman–Crippen LogP) is 2.36. The van der Waals surface area contributed by atoms with Gasteiger partial charge in [-0.25, -0.2) is 13.2 Å². The van der Waals surface area contributed by atoms with Crippen LogP contribution in [0.25, 0.3) is 0 Å². The van der Waals surface area contributed by atoms with E-state index in [4.69, 9.17) is 17.0 Å². The van der Waals surface area contributed by atoms with Gasteiger partial charge in [0.15, 0.2) is 9.84 Å². The second-order valence-corrected chi connectivity index (χ2v) is 6.78. The number of sulfone groups is 1. The van der Waals surface area contributed by atoms with Crippen LogP contribution in [0.2, 0.25) is 0 Å². The third-order valence-electron chi connectivity index (χ3n) is 3.11. The first-order chi connectivity index (χ1) is 10.3. The summed E-state index contributed by atoms with van der Waals surface area (Å²) in [5, 5.41) is 7.54. The van der Waals surface area contributed by atoms with Crippen molar-refractivity contribution in [2.45, 2.75) is 29.9 Å². The molecule has 22 heavy (non-hydrogen) atoms. The van der Waals surface area contributed by atoms with Crippen LogP contribution in [0, 0.1) is 0 Å². The number of aryl methyl sites for hydroxylation is 1. The Morgan fingerprint density at radius 1 is 1.45 bits per heavy atom. The summed E-state index contributed by atoms with van der Waals surface area (Å²) in [7, 11) is -3.91. The molecule has 1 N–H and O–H groups in total. The van der Waals surface area contributed by atoms with E-state index in [-0.39, 0.29) is 10.5 Å². The van der Waals surface area contributed by atoms with E-state index in [0.29, 0.717) is 12.0 Å². The van der Waals surface area contributed by atoms with Gasteiger partial charge in [0, 0.05) is 0 Å². The Balaban J connectivity index is 3.34. The molecule has 6 nitrogen and oxygen atoms in total. The van der Waals surface area contributed by atoms with Crippen molar-refractivity contribution in [1.29, 1.82) is 0 Å². The quantitative estimate of drug-likeness (QED) is 0.761. The van der Waals surface area contributed by atoms with Gasteiger partial charge in [-0.1, -0.05) is 13.0 Å². The highest BCUT2D eigenvalue weighted by atomic mass is 35.5. The molecule has 1 aromatic rings. The molecule has 0 aromatic heterocycles. The smallest absolute Gasteiger partial charge is 0.356 e. The van der Waals surface area contributed by atoms with Crippen LogP contribution in [0.15, 0.2) is 35.7 Å². The van der Waals surface area contributed by atoms with Gasteiger partial charge in [-0.05, 0) is 30.2 Å². The number of aliphatic carboxylic acids is 1. The van der Waals surface area contributed by atoms with Gasteiger partial charge < -0.3 is 9.40 Å². The molecule has 0 spiro atoms. The molecule has 0 heterocycles. The summed E-state index contributed by atoms with van der Waals surface area (Å²) < 4.78 is 29.0. The van der Waals surface area contributed by atoms with Crippen molar-refractivity contribution in [3.8, 4) is 0 Å². The van der Waals surface area contributed by atoms with Gasteiger partial charge in [-0.3, -0.25) is 4.79 Å². The molecule has 0 amide bonds. The van der Waals surface area contributed by atoms with E-state index in [0.717, 1.165) is 6.08 Å². The number of rotatable bonds is 7. The van der Waals surface area contributed by atoms with E-state index in [1.54, 1.807) is 6.92 Å². The molecule has 0 aliphatic heterocycles. The van der Waals surface area contributed by atoms with Crippen molar-refractivity contribution in [3.63, 3.8) is 0 Å². The zero-order valence-electron chi connectivity index (χ0n) is 11.8. The normalized spacial score (nSPS) is 12.5. The Morgan fingerprint density at radius 2 is 2.09 bits per heavy atom. The topological polar surface area (TPSA) is 97.7 Å². The molecular weight excluding hydrogens is 332 g/mol. The van der Waals surface area contributed by atoms with Gasteiger partial charge in [0.2, 0.25) is 0 Å². The molecular formula is C14H15ClO6S. The number of hydrogen-bond acceptors (Lipinski definition) is 5. The van der Waals surface area contributed by atoms with E-state index in [9.17, 15) is 18.0 Å². The van der Waals surface area contributed by atoms with Crippen LogP contribution in [-0.4, -0.2) is 30.7 Å². The Morgan fingerprint density at radius 3 is 2.55 bits per heavy atom. The third kappa shape index (κ3) is 3.86. The lowest BCUT2D eigenvalue weighted by Crippen LogP contribution is -2.23. The second-order valence-electron chi connectivity index (χ2n) is 4.45. The Bertz CT molecular complexity index is 695. The molecule has 0 bridgehead atoms. The van der Waals surface area contributed by atoms with E-state index in [1.165, 1.54) is 18.2 Å². The minimum Gasteiger partial charge on any atom is -0.481 e. The van der Waals surface area contributed by atoms with Crippen LogP contribution >= 0.6 is 11.9 Å². The van der Waals surface area contributed by atoms with Crippen LogP contribution in [0.5, 0.6) is 0 Å². The molecule has 0 aliphatic carbocycles. The number of halogens is 1. The standard InChI is InChI=1S/C14H15ClO6S/c1-3-9-7-11(5-6-12(9)14(18)21-15)22(19,20)10(4-2)8-13(16)17/h4-7,10H,2-3,8H2,1H3,(H,16,17). The van der Waals surface area contributed by atoms with E-state index in [2.05, 4.69) is 10.9 Å².